The van der Waals surface area contributed by atoms with E-state index in [1.165, 1.54) is 43.9 Å². The van der Waals surface area contributed by atoms with Crippen LogP contribution in [0.5, 0.6) is 0 Å². The van der Waals surface area contributed by atoms with Crippen molar-refractivity contribution in [1.29, 1.82) is 0 Å². The number of nitrogens with zero attached hydrogens (tertiary/aromatic N) is 2. The summed E-state index contributed by atoms with van der Waals surface area (Å²) < 4.78 is 0. The minimum Gasteiger partial charge on any atom is -0.480 e. The van der Waals surface area contributed by atoms with Gasteiger partial charge in [-0.3, -0.25) is 9.69 Å². The van der Waals surface area contributed by atoms with E-state index in [9.17, 15) is 14.7 Å². The van der Waals surface area contributed by atoms with Crippen LogP contribution in [-0.4, -0.2) is 59.0 Å². The van der Waals surface area contributed by atoms with Gasteiger partial charge >= 0.3 is 5.97 Å². The van der Waals surface area contributed by atoms with Crippen LogP contribution in [0.4, 0.5) is 0 Å². The molecule has 1 unspecified atom stereocenters. The second-order valence-corrected chi connectivity index (χ2v) is 5.63. The van der Waals surface area contributed by atoms with Gasteiger partial charge in [0.2, 0.25) is 5.91 Å². The molecule has 0 aromatic rings. The third kappa shape index (κ3) is 10.6. The lowest BCUT2D eigenvalue weighted by Gasteiger charge is -2.38. The second kappa shape index (κ2) is 16.7. The number of carbonyl (C=O) groups excluding carboxylic acids is 1. The first kappa shape index (κ1) is 25.1. The van der Waals surface area contributed by atoms with Crippen molar-refractivity contribution in [3.63, 3.8) is 0 Å². The number of carbonyl (C=O) groups is 2. The van der Waals surface area contributed by atoms with Crippen molar-refractivity contribution < 1.29 is 14.7 Å². The number of hydrogen-bond acceptors (Lipinski definition) is 3. The van der Waals surface area contributed by atoms with Gasteiger partial charge in [-0.2, -0.15) is 0 Å². The van der Waals surface area contributed by atoms with Crippen molar-refractivity contribution >= 4 is 11.9 Å². The summed E-state index contributed by atoms with van der Waals surface area (Å²) in [6.45, 7) is 14.4. The molecule has 1 atom stereocenters. The molecule has 1 aliphatic heterocycles. The number of hydrogen-bond donors (Lipinski definition) is 1. The smallest absolute Gasteiger partial charge is 0.327 e. The number of amides is 1. The molecular formula is C19H40N2O3. The lowest BCUT2D eigenvalue weighted by atomic mass is 10.1. The van der Waals surface area contributed by atoms with Crippen molar-refractivity contribution in [2.75, 3.05) is 26.2 Å². The van der Waals surface area contributed by atoms with E-state index in [1.54, 1.807) is 0 Å². The zero-order valence-electron chi connectivity index (χ0n) is 16.8. The van der Waals surface area contributed by atoms with Crippen LogP contribution in [0, 0.1) is 0 Å². The Bertz CT molecular complexity index is 322. The van der Waals surface area contributed by atoms with Crippen molar-refractivity contribution in [2.45, 2.75) is 86.1 Å². The maximum atomic E-state index is 11.4. The Morgan fingerprint density at radius 1 is 0.958 bits per heavy atom. The monoisotopic (exact) mass is 344 g/mol. The zero-order chi connectivity index (χ0) is 19.0. The first-order chi connectivity index (χ1) is 11.6. The third-order valence-electron chi connectivity index (χ3n) is 3.98. The lowest BCUT2D eigenvalue weighted by Crippen LogP contribution is -2.57. The number of unbranched alkanes of at least 4 members (excludes halogenated alkanes) is 5. The molecule has 0 aliphatic carbocycles. The van der Waals surface area contributed by atoms with Crippen LogP contribution in [0.2, 0.25) is 0 Å². The normalized spacial score (nSPS) is 17.2. The van der Waals surface area contributed by atoms with Gasteiger partial charge in [0.05, 0.1) is 0 Å². The SMILES string of the molecule is CC.CC.CCCCCCCCN1CCN(C(C)=O)C(C(=O)O)C1. The summed E-state index contributed by atoms with van der Waals surface area (Å²) in [6, 6.07) is -0.679. The van der Waals surface area contributed by atoms with Crippen molar-refractivity contribution in [3.8, 4) is 0 Å². The average Bonchev–Trinajstić information content (AvgIpc) is 2.61. The molecule has 1 aliphatic rings. The minimum atomic E-state index is -0.896. The van der Waals surface area contributed by atoms with Crippen molar-refractivity contribution in [2.24, 2.45) is 0 Å². The summed E-state index contributed by atoms with van der Waals surface area (Å²) in [5, 5.41) is 9.22. The highest BCUT2D eigenvalue weighted by molar-refractivity contribution is 5.82. The number of rotatable bonds is 8. The second-order valence-electron chi connectivity index (χ2n) is 5.63. The number of carboxylic acid groups (broad SMARTS) is 1. The predicted molar refractivity (Wildman–Crippen MR) is 101 cm³/mol. The van der Waals surface area contributed by atoms with E-state index in [4.69, 9.17) is 0 Å². The molecule has 5 nitrogen and oxygen atoms in total. The molecule has 0 bridgehead atoms. The Balaban J connectivity index is 0. The van der Waals surface area contributed by atoms with E-state index in [2.05, 4.69) is 11.8 Å². The highest BCUT2D eigenvalue weighted by Crippen LogP contribution is 2.12. The van der Waals surface area contributed by atoms with E-state index in [0.717, 1.165) is 19.5 Å². The van der Waals surface area contributed by atoms with E-state index in [0.29, 0.717) is 13.1 Å². The summed E-state index contributed by atoms with van der Waals surface area (Å²) in [6.07, 6.45) is 7.46. The summed E-state index contributed by atoms with van der Waals surface area (Å²) in [5.41, 5.74) is 0. The highest BCUT2D eigenvalue weighted by atomic mass is 16.4. The molecule has 0 aromatic heterocycles. The maximum Gasteiger partial charge on any atom is 0.327 e. The Hall–Kier alpha value is -1.10. The van der Waals surface area contributed by atoms with E-state index >= 15 is 0 Å². The molecule has 1 saturated heterocycles. The predicted octanol–water partition coefficient (Wildman–Crippen LogP) is 4.02. The number of piperazine rings is 1. The molecular weight excluding hydrogens is 304 g/mol. The minimum absolute atomic E-state index is 0.142. The topological polar surface area (TPSA) is 60.9 Å². The quantitative estimate of drug-likeness (QED) is 0.676. The van der Waals surface area contributed by atoms with Crippen LogP contribution >= 0.6 is 0 Å². The Morgan fingerprint density at radius 2 is 1.50 bits per heavy atom. The van der Waals surface area contributed by atoms with Gasteiger partial charge in [-0.25, -0.2) is 4.79 Å². The van der Waals surface area contributed by atoms with Gasteiger partial charge in [-0.05, 0) is 13.0 Å². The van der Waals surface area contributed by atoms with E-state index in [-0.39, 0.29) is 5.91 Å². The average molecular weight is 345 g/mol. The standard InChI is InChI=1S/C15H28N2O3.2C2H6/c1-3-4-5-6-7-8-9-16-10-11-17(13(2)18)14(12-16)15(19)20;2*1-2/h14H,3-12H2,1-2H3,(H,19,20);2*1-2H3. The largest absolute Gasteiger partial charge is 0.480 e. The fourth-order valence-corrected chi connectivity index (χ4v) is 2.75. The van der Waals surface area contributed by atoms with Crippen LogP contribution in [0.3, 0.4) is 0 Å². The third-order valence-corrected chi connectivity index (χ3v) is 3.98. The summed E-state index contributed by atoms with van der Waals surface area (Å²) >= 11 is 0. The van der Waals surface area contributed by atoms with Crippen LogP contribution in [0.25, 0.3) is 0 Å². The first-order valence-electron chi connectivity index (χ1n) is 9.78. The summed E-state index contributed by atoms with van der Waals surface area (Å²) in [7, 11) is 0. The molecule has 1 heterocycles. The zero-order valence-corrected chi connectivity index (χ0v) is 16.8. The van der Waals surface area contributed by atoms with Gasteiger partial charge in [0.25, 0.3) is 0 Å². The summed E-state index contributed by atoms with van der Waals surface area (Å²) in [5.74, 6) is -1.04. The summed E-state index contributed by atoms with van der Waals surface area (Å²) in [4.78, 5) is 26.3. The van der Waals surface area contributed by atoms with Gasteiger partial charge in [0.1, 0.15) is 6.04 Å². The molecule has 0 saturated carbocycles. The van der Waals surface area contributed by atoms with Gasteiger partial charge in [0, 0.05) is 26.6 Å². The molecule has 0 spiro atoms. The highest BCUT2D eigenvalue weighted by Gasteiger charge is 2.33. The Labute approximate surface area is 149 Å². The fraction of sp³-hybridized carbons (Fsp3) is 0.895. The number of aliphatic carboxylic acids is 1. The van der Waals surface area contributed by atoms with E-state index < -0.39 is 12.0 Å². The van der Waals surface area contributed by atoms with Crippen LogP contribution in [0.15, 0.2) is 0 Å². The van der Waals surface area contributed by atoms with Crippen molar-refractivity contribution in [1.82, 2.24) is 9.80 Å². The molecule has 1 N–H and O–H groups in total. The number of carboxylic acids is 1. The van der Waals surface area contributed by atoms with Crippen LogP contribution < -0.4 is 0 Å². The molecule has 1 fully saturated rings. The Morgan fingerprint density at radius 3 is 2.00 bits per heavy atom. The Kier molecular flexibility index (Phi) is 17.5. The van der Waals surface area contributed by atoms with Gasteiger partial charge in [-0.1, -0.05) is 66.7 Å². The molecule has 5 heteroatoms. The molecule has 0 radical (unpaired) electrons. The molecule has 0 aromatic carbocycles. The molecule has 1 amide bonds. The van der Waals surface area contributed by atoms with Gasteiger partial charge in [-0.15, -0.1) is 0 Å². The van der Waals surface area contributed by atoms with Gasteiger partial charge < -0.3 is 10.0 Å². The first-order valence-corrected chi connectivity index (χ1v) is 9.78. The molecule has 144 valence electrons. The van der Waals surface area contributed by atoms with E-state index in [1.807, 2.05) is 27.7 Å². The van der Waals surface area contributed by atoms with Gasteiger partial charge in [0.15, 0.2) is 0 Å². The lowest BCUT2D eigenvalue weighted by molar-refractivity contribution is -0.152. The van der Waals surface area contributed by atoms with Crippen LogP contribution in [-0.2, 0) is 9.59 Å². The molecule has 24 heavy (non-hydrogen) atoms. The fourth-order valence-electron chi connectivity index (χ4n) is 2.75. The van der Waals surface area contributed by atoms with Crippen LogP contribution in [0.1, 0.15) is 80.1 Å². The van der Waals surface area contributed by atoms with Crippen molar-refractivity contribution in [3.05, 3.63) is 0 Å². The molecule has 1 rings (SSSR count). The maximum absolute atomic E-state index is 11.4.